The van der Waals surface area contributed by atoms with E-state index in [-0.39, 0.29) is 25.0 Å². The molecule has 3 fully saturated rings. The average Bonchev–Trinajstić information content (AvgIpc) is 3.27. The van der Waals surface area contributed by atoms with Crippen molar-refractivity contribution in [2.75, 3.05) is 65.7 Å². The molecular formula is C27H39N3O7. The molecule has 1 spiro atoms. The number of carbonyl (C=O) groups excluding carboxylic acids is 3. The molecule has 5 atom stereocenters. The van der Waals surface area contributed by atoms with Crippen molar-refractivity contribution < 1.29 is 33.7 Å². The lowest BCUT2D eigenvalue weighted by Gasteiger charge is -2.36. The molecule has 0 bridgehead atoms. The quantitative estimate of drug-likeness (QED) is 0.265. The summed E-state index contributed by atoms with van der Waals surface area (Å²) < 4.78 is 17.5. The minimum atomic E-state index is -1.20. The maximum Gasteiger partial charge on any atom is 0.312 e. The Kier molecular flexibility index (Phi) is 8.28. The Hall–Kier alpha value is -2.27. The molecule has 37 heavy (non-hydrogen) atoms. The number of hydrogen-bond donors (Lipinski definition) is 1. The molecule has 0 radical (unpaired) electrons. The van der Waals surface area contributed by atoms with Crippen LogP contribution >= 0.6 is 0 Å². The van der Waals surface area contributed by atoms with Gasteiger partial charge in [0.1, 0.15) is 17.6 Å². The van der Waals surface area contributed by atoms with Crippen molar-refractivity contribution in [3.63, 3.8) is 0 Å². The van der Waals surface area contributed by atoms with Crippen LogP contribution in [0.25, 0.3) is 0 Å². The lowest BCUT2D eigenvalue weighted by molar-refractivity contribution is -0.155. The number of cyclic esters (lactones) is 1. The summed E-state index contributed by atoms with van der Waals surface area (Å²) in [6.45, 7) is 5.62. The number of nitrogens with zero attached hydrogens (tertiary/aromatic N) is 3. The van der Waals surface area contributed by atoms with Gasteiger partial charge in [0.15, 0.2) is 0 Å². The fourth-order valence-electron chi connectivity index (χ4n) is 6.43. The number of morpholine rings is 1. The zero-order valence-corrected chi connectivity index (χ0v) is 21.5. The van der Waals surface area contributed by atoms with E-state index >= 15 is 0 Å². The van der Waals surface area contributed by atoms with Crippen molar-refractivity contribution in [1.29, 1.82) is 0 Å². The normalized spacial score (nSPS) is 34.0. The molecule has 5 rings (SSSR count). The smallest absolute Gasteiger partial charge is 0.312 e. The lowest BCUT2D eigenvalue weighted by Crippen LogP contribution is -2.56. The van der Waals surface area contributed by atoms with Crippen molar-refractivity contribution in [3.05, 3.63) is 24.3 Å². The molecule has 10 heteroatoms. The van der Waals surface area contributed by atoms with Crippen LogP contribution in [0.3, 0.4) is 0 Å². The van der Waals surface area contributed by atoms with Crippen molar-refractivity contribution >= 4 is 17.8 Å². The number of aliphatic hydroxyl groups is 1. The fourth-order valence-corrected chi connectivity index (χ4v) is 6.43. The van der Waals surface area contributed by atoms with Crippen LogP contribution in [0.1, 0.15) is 32.1 Å². The van der Waals surface area contributed by atoms with Crippen LogP contribution in [0, 0.1) is 11.8 Å². The van der Waals surface area contributed by atoms with E-state index in [9.17, 15) is 14.4 Å². The highest BCUT2D eigenvalue weighted by Crippen LogP contribution is 2.53. The van der Waals surface area contributed by atoms with E-state index in [0.717, 1.165) is 32.5 Å². The van der Waals surface area contributed by atoms with Gasteiger partial charge in [0.05, 0.1) is 31.8 Å². The van der Waals surface area contributed by atoms with Gasteiger partial charge in [-0.05, 0) is 19.3 Å². The number of unbranched alkanes of at least 4 members (excludes halogenated alkanes) is 3. The first-order valence-corrected chi connectivity index (χ1v) is 13.8. The van der Waals surface area contributed by atoms with Gasteiger partial charge >= 0.3 is 5.97 Å². The van der Waals surface area contributed by atoms with Gasteiger partial charge < -0.3 is 29.1 Å². The third-order valence-corrected chi connectivity index (χ3v) is 8.30. The summed E-state index contributed by atoms with van der Waals surface area (Å²) in [7, 11) is 0. The minimum absolute atomic E-state index is 0.129. The van der Waals surface area contributed by atoms with Gasteiger partial charge in [-0.2, -0.15) is 0 Å². The molecule has 5 heterocycles. The first-order valence-electron chi connectivity index (χ1n) is 13.8. The highest BCUT2D eigenvalue weighted by molar-refractivity contribution is 5.99. The summed E-state index contributed by atoms with van der Waals surface area (Å²) in [6, 6.07) is -0.819. The lowest BCUT2D eigenvalue weighted by atomic mass is 9.77. The van der Waals surface area contributed by atoms with E-state index in [1.807, 2.05) is 29.2 Å². The number of aliphatic hydroxyl groups excluding tert-OH is 1. The van der Waals surface area contributed by atoms with Gasteiger partial charge in [0.25, 0.3) is 0 Å². The highest BCUT2D eigenvalue weighted by Gasteiger charge is 2.71. The SMILES string of the molecule is O=C1OCCC=C[C@H]2O[C@]34C=CCN(CCN5CCOCC5)C(=O)C3N(CCCCCCO)C(=O)[C@@H]4[C@@H]12. The van der Waals surface area contributed by atoms with E-state index < -0.39 is 35.6 Å². The zero-order valence-electron chi connectivity index (χ0n) is 21.5. The number of hydrogen-bond acceptors (Lipinski definition) is 8. The molecule has 3 saturated heterocycles. The van der Waals surface area contributed by atoms with Gasteiger partial charge in [-0.1, -0.05) is 37.1 Å². The number of carbonyl (C=O) groups is 3. The number of rotatable bonds is 9. The van der Waals surface area contributed by atoms with E-state index in [4.69, 9.17) is 19.3 Å². The second-order valence-corrected chi connectivity index (χ2v) is 10.5. The second-order valence-electron chi connectivity index (χ2n) is 10.5. The summed E-state index contributed by atoms with van der Waals surface area (Å²) in [5, 5.41) is 9.10. The van der Waals surface area contributed by atoms with Gasteiger partial charge in [0.2, 0.25) is 11.8 Å². The fraction of sp³-hybridized carbons (Fsp3) is 0.741. The van der Waals surface area contributed by atoms with Gasteiger partial charge in [-0.3, -0.25) is 19.3 Å². The molecule has 1 unspecified atom stereocenters. The molecule has 0 aliphatic carbocycles. The Morgan fingerprint density at radius 2 is 1.76 bits per heavy atom. The number of likely N-dealkylation sites (tertiary alicyclic amines) is 1. The van der Waals surface area contributed by atoms with E-state index in [1.165, 1.54) is 0 Å². The molecule has 0 aromatic rings. The van der Waals surface area contributed by atoms with E-state index in [0.29, 0.717) is 52.1 Å². The first-order chi connectivity index (χ1) is 18.1. The number of ether oxygens (including phenoxy) is 3. The van der Waals surface area contributed by atoms with E-state index in [2.05, 4.69) is 4.90 Å². The summed E-state index contributed by atoms with van der Waals surface area (Å²) in [4.78, 5) is 47.0. The Balaban J connectivity index is 1.42. The number of amides is 2. The van der Waals surface area contributed by atoms with Crippen LogP contribution in [-0.2, 0) is 28.6 Å². The molecule has 0 saturated carbocycles. The Morgan fingerprint density at radius 1 is 0.946 bits per heavy atom. The Morgan fingerprint density at radius 3 is 2.57 bits per heavy atom. The van der Waals surface area contributed by atoms with Crippen LogP contribution in [0.15, 0.2) is 24.3 Å². The predicted molar refractivity (Wildman–Crippen MR) is 133 cm³/mol. The van der Waals surface area contributed by atoms with Crippen LogP contribution in [0.4, 0.5) is 0 Å². The molecule has 2 amide bonds. The third-order valence-electron chi connectivity index (χ3n) is 8.30. The van der Waals surface area contributed by atoms with Crippen LogP contribution in [0.2, 0.25) is 0 Å². The molecule has 0 aromatic carbocycles. The average molecular weight is 518 g/mol. The molecular weight excluding hydrogens is 478 g/mol. The van der Waals surface area contributed by atoms with Crippen molar-refractivity contribution in [2.24, 2.45) is 11.8 Å². The van der Waals surface area contributed by atoms with E-state index in [1.54, 1.807) is 4.90 Å². The van der Waals surface area contributed by atoms with Gasteiger partial charge in [-0.15, -0.1) is 0 Å². The Bertz CT molecular complexity index is 918. The van der Waals surface area contributed by atoms with Crippen molar-refractivity contribution in [1.82, 2.24) is 14.7 Å². The Labute approximate surface area is 218 Å². The molecule has 5 aliphatic heterocycles. The third kappa shape index (κ3) is 5.08. The maximum absolute atomic E-state index is 14.2. The standard InChI is InChI=1S/C27H39N3O7/c31-16-5-2-1-4-11-30-23-25(33)29(13-12-28-14-18-35-19-15-28)10-7-9-27(23)22(24(30)32)21-20(37-27)8-3-6-17-36-26(21)34/h3,7-9,20-23,31H,1-2,4-6,10-19H2/t20-,21+,22+,23?,27+/m1/s1. The molecule has 10 nitrogen and oxygen atoms in total. The first kappa shape index (κ1) is 26.3. The van der Waals surface area contributed by atoms with Crippen LogP contribution in [-0.4, -0.2) is 121 Å². The van der Waals surface area contributed by atoms with Crippen molar-refractivity contribution in [2.45, 2.75) is 49.9 Å². The molecule has 1 N–H and O–H groups in total. The maximum atomic E-state index is 14.2. The van der Waals surface area contributed by atoms with Crippen molar-refractivity contribution in [3.8, 4) is 0 Å². The van der Waals surface area contributed by atoms with Gasteiger partial charge in [0, 0.05) is 45.9 Å². The molecule has 0 aromatic heterocycles. The zero-order chi connectivity index (χ0) is 25.8. The molecule has 204 valence electrons. The summed E-state index contributed by atoms with van der Waals surface area (Å²) in [6.07, 6.45) is 10.7. The predicted octanol–water partition coefficient (Wildman–Crippen LogP) is 0.354. The largest absolute Gasteiger partial charge is 0.465 e. The number of fused-ring (bicyclic) bond motifs is 2. The topological polar surface area (TPSA) is 109 Å². The minimum Gasteiger partial charge on any atom is -0.465 e. The summed E-state index contributed by atoms with van der Waals surface area (Å²) in [5.74, 6) is -2.34. The monoisotopic (exact) mass is 517 g/mol. The number of esters is 1. The van der Waals surface area contributed by atoms with Gasteiger partial charge in [-0.25, -0.2) is 0 Å². The summed E-state index contributed by atoms with van der Waals surface area (Å²) in [5.41, 5.74) is -1.20. The van der Waals surface area contributed by atoms with Crippen LogP contribution in [0.5, 0.6) is 0 Å². The van der Waals surface area contributed by atoms with Crippen LogP contribution < -0.4 is 0 Å². The second kappa shape index (κ2) is 11.6. The summed E-state index contributed by atoms with van der Waals surface area (Å²) >= 11 is 0. The molecule has 5 aliphatic rings. The highest BCUT2D eigenvalue weighted by atomic mass is 16.6.